The average molecular weight is 363 g/mol. The predicted octanol–water partition coefficient (Wildman–Crippen LogP) is 3.26. The lowest BCUT2D eigenvalue weighted by Gasteiger charge is -2.08. The second kappa shape index (κ2) is 8.70. The first kappa shape index (κ1) is 18.3. The highest BCUT2D eigenvalue weighted by Gasteiger charge is 2.10. The van der Waals surface area contributed by atoms with Crippen molar-refractivity contribution in [2.45, 2.75) is 0 Å². The lowest BCUT2D eigenvalue weighted by atomic mass is 10.2. The van der Waals surface area contributed by atoms with Crippen molar-refractivity contribution >= 4 is 29.9 Å². The maximum absolute atomic E-state index is 11.9. The van der Waals surface area contributed by atoms with E-state index in [0.717, 1.165) is 0 Å². The van der Waals surface area contributed by atoms with E-state index in [1.165, 1.54) is 32.6 Å². The lowest BCUT2D eigenvalue weighted by Crippen LogP contribution is -2.17. The number of rotatable bonds is 5. The van der Waals surface area contributed by atoms with Gasteiger partial charge in [0.1, 0.15) is 0 Å². The van der Waals surface area contributed by atoms with Crippen LogP contribution in [0.5, 0.6) is 11.5 Å². The zero-order valence-corrected chi connectivity index (χ0v) is 14.2. The van der Waals surface area contributed by atoms with Gasteiger partial charge in [-0.15, -0.1) is 0 Å². The molecule has 8 heteroatoms. The van der Waals surface area contributed by atoms with Gasteiger partial charge in [0.2, 0.25) is 0 Å². The van der Waals surface area contributed by atoms with Crippen LogP contribution in [0.4, 0.5) is 4.79 Å². The molecule has 0 fully saturated rings. The van der Waals surface area contributed by atoms with E-state index in [1.807, 2.05) is 0 Å². The Bertz CT molecular complexity index is 807. The van der Waals surface area contributed by atoms with E-state index in [2.05, 4.69) is 15.3 Å². The smallest absolute Gasteiger partial charge is 0.493 e. The zero-order valence-electron chi connectivity index (χ0n) is 13.5. The van der Waals surface area contributed by atoms with Crippen LogP contribution in [0.3, 0.4) is 0 Å². The van der Waals surface area contributed by atoms with Crippen LogP contribution in [0, 0.1) is 0 Å². The van der Waals surface area contributed by atoms with Crippen molar-refractivity contribution in [2.75, 3.05) is 14.2 Å². The summed E-state index contributed by atoms with van der Waals surface area (Å²) in [6.45, 7) is 0. The number of amides is 1. The van der Waals surface area contributed by atoms with Gasteiger partial charge < -0.3 is 14.2 Å². The molecule has 0 bridgehead atoms. The van der Waals surface area contributed by atoms with Crippen LogP contribution < -0.4 is 14.9 Å². The number of methoxy groups -OCH3 is 2. The molecule has 0 aliphatic carbocycles. The molecule has 7 nitrogen and oxygen atoms in total. The minimum Gasteiger partial charge on any atom is -0.493 e. The lowest BCUT2D eigenvalue weighted by molar-refractivity contribution is 0.0955. The van der Waals surface area contributed by atoms with Crippen molar-refractivity contribution in [3.8, 4) is 11.5 Å². The summed E-state index contributed by atoms with van der Waals surface area (Å²) in [5, 5.41) is 4.33. The van der Waals surface area contributed by atoms with Gasteiger partial charge in [-0.2, -0.15) is 5.10 Å². The minimum atomic E-state index is -0.853. The number of nitrogens with one attached hydrogen (secondary N) is 1. The summed E-state index contributed by atoms with van der Waals surface area (Å²) in [5.74, 6) is 0.126. The van der Waals surface area contributed by atoms with Gasteiger partial charge in [0.15, 0.2) is 11.5 Å². The van der Waals surface area contributed by atoms with E-state index in [4.69, 9.17) is 21.1 Å². The first-order valence-corrected chi connectivity index (χ1v) is 7.44. The second-order valence-electron chi connectivity index (χ2n) is 4.68. The van der Waals surface area contributed by atoms with Gasteiger partial charge in [-0.1, -0.05) is 17.7 Å². The molecule has 0 spiro atoms. The van der Waals surface area contributed by atoms with Gasteiger partial charge in [-0.05, 0) is 42.0 Å². The highest BCUT2D eigenvalue weighted by atomic mass is 35.5. The molecule has 0 radical (unpaired) electrons. The Hall–Kier alpha value is -3.06. The number of hydrogen-bond donors (Lipinski definition) is 1. The molecule has 2 aromatic carbocycles. The molecule has 130 valence electrons. The quantitative estimate of drug-likeness (QED) is 0.382. The van der Waals surface area contributed by atoms with Crippen LogP contribution in [0.25, 0.3) is 0 Å². The topological polar surface area (TPSA) is 86.2 Å². The Balaban J connectivity index is 2.05. The highest BCUT2D eigenvalue weighted by molar-refractivity contribution is 6.30. The Morgan fingerprint density at radius 2 is 1.92 bits per heavy atom. The molecule has 1 amide bonds. The summed E-state index contributed by atoms with van der Waals surface area (Å²) in [6, 6.07) is 11.3. The number of hydrazone groups is 1. The van der Waals surface area contributed by atoms with E-state index in [0.29, 0.717) is 21.9 Å². The number of nitrogens with zero attached hydrogens (tertiary/aromatic N) is 1. The fourth-order valence-electron chi connectivity index (χ4n) is 1.84. The molecule has 0 aliphatic heterocycles. The minimum absolute atomic E-state index is 0.203. The molecule has 0 atom stereocenters. The molecule has 0 aromatic heterocycles. The van der Waals surface area contributed by atoms with Gasteiger partial charge in [0.05, 0.1) is 20.4 Å². The molecular weight excluding hydrogens is 348 g/mol. The third kappa shape index (κ3) is 5.22. The summed E-state index contributed by atoms with van der Waals surface area (Å²) in [5.41, 5.74) is 3.41. The molecule has 0 aliphatic rings. The van der Waals surface area contributed by atoms with Gasteiger partial charge >= 0.3 is 6.16 Å². The standard InChI is InChI=1S/C17H15ClN2O5/c1-23-15-8-11(6-7-14(15)25-17(22)24-2)10-19-20-16(21)12-4-3-5-13(18)9-12/h3-10H,1-2H3,(H,20,21)/b19-10-. The van der Waals surface area contributed by atoms with Crippen LogP contribution in [0.1, 0.15) is 15.9 Å². The summed E-state index contributed by atoms with van der Waals surface area (Å²) in [6.07, 6.45) is 0.570. The van der Waals surface area contributed by atoms with Crippen molar-refractivity contribution in [2.24, 2.45) is 5.10 Å². The third-order valence-electron chi connectivity index (χ3n) is 3.01. The molecule has 0 unspecified atom stereocenters. The van der Waals surface area contributed by atoms with Crippen molar-refractivity contribution in [3.05, 3.63) is 58.6 Å². The van der Waals surface area contributed by atoms with Crippen LogP contribution in [0.15, 0.2) is 47.6 Å². The molecule has 0 heterocycles. The monoisotopic (exact) mass is 362 g/mol. The van der Waals surface area contributed by atoms with Gasteiger partial charge in [-0.3, -0.25) is 4.79 Å². The Morgan fingerprint density at radius 3 is 2.60 bits per heavy atom. The van der Waals surface area contributed by atoms with Crippen molar-refractivity contribution < 1.29 is 23.8 Å². The average Bonchev–Trinajstić information content (AvgIpc) is 2.62. The van der Waals surface area contributed by atoms with Crippen molar-refractivity contribution in [3.63, 3.8) is 0 Å². The molecule has 25 heavy (non-hydrogen) atoms. The van der Waals surface area contributed by atoms with E-state index < -0.39 is 12.1 Å². The molecule has 1 N–H and O–H groups in total. The Kier molecular flexibility index (Phi) is 6.36. The van der Waals surface area contributed by atoms with Crippen LogP contribution in [0.2, 0.25) is 5.02 Å². The van der Waals surface area contributed by atoms with Crippen LogP contribution >= 0.6 is 11.6 Å². The third-order valence-corrected chi connectivity index (χ3v) is 3.25. The summed E-state index contributed by atoms with van der Waals surface area (Å²) >= 11 is 5.84. The number of carbonyl (C=O) groups excluding carboxylic acids is 2. The summed E-state index contributed by atoms with van der Waals surface area (Å²) < 4.78 is 14.5. The Labute approximate surface area is 149 Å². The maximum atomic E-state index is 11.9. The van der Waals surface area contributed by atoms with E-state index in [1.54, 1.807) is 30.3 Å². The first-order chi connectivity index (χ1) is 12.0. The molecule has 2 aromatic rings. The van der Waals surface area contributed by atoms with Gasteiger partial charge in [0.25, 0.3) is 5.91 Å². The van der Waals surface area contributed by atoms with Gasteiger partial charge in [0, 0.05) is 10.6 Å². The van der Waals surface area contributed by atoms with Crippen molar-refractivity contribution in [1.82, 2.24) is 5.43 Å². The summed E-state index contributed by atoms with van der Waals surface area (Å²) in [7, 11) is 2.64. The molecule has 0 saturated heterocycles. The highest BCUT2D eigenvalue weighted by Crippen LogP contribution is 2.27. The fourth-order valence-corrected chi connectivity index (χ4v) is 2.03. The van der Waals surface area contributed by atoms with Crippen LogP contribution in [-0.2, 0) is 4.74 Å². The number of hydrogen-bond acceptors (Lipinski definition) is 6. The van der Waals surface area contributed by atoms with E-state index in [-0.39, 0.29) is 5.75 Å². The molecular formula is C17H15ClN2O5. The number of carbonyl (C=O) groups is 2. The number of benzene rings is 2. The van der Waals surface area contributed by atoms with E-state index in [9.17, 15) is 9.59 Å². The normalized spacial score (nSPS) is 10.4. The maximum Gasteiger partial charge on any atom is 0.513 e. The van der Waals surface area contributed by atoms with Crippen LogP contribution in [-0.4, -0.2) is 32.5 Å². The predicted molar refractivity (Wildman–Crippen MR) is 92.5 cm³/mol. The first-order valence-electron chi connectivity index (χ1n) is 7.06. The summed E-state index contributed by atoms with van der Waals surface area (Å²) in [4.78, 5) is 23.1. The fraction of sp³-hybridized carbons (Fsp3) is 0.118. The van der Waals surface area contributed by atoms with Gasteiger partial charge in [-0.25, -0.2) is 10.2 Å². The SMILES string of the molecule is COC(=O)Oc1ccc(/C=N\NC(=O)c2cccc(Cl)c2)cc1OC. The Morgan fingerprint density at radius 1 is 1.12 bits per heavy atom. The molecule has 2 rings (SSSR count). The number of ether oxygens (including phenoxy) is 3. The van der Waals surface area contributed by atoms with Crippen molar-refractivity contribution in [1.29, 1.82) is 0 Å². The molecule has 0 saturated carbocycles. The second-order valence-corrected chi connectivity index (χ2v) is 5.11. The van der Waals surface area contributed by atoms with E-state index >= 15 is 0 Å². The zero-order chi connectivity index (χ0) is 18.2. The number of halogens is 1. The largest absolute Gasteiger partial charge is 0.513 e.